The molecule has 4 aromatic rings. The Balaban J connectivity index is 1.40. The van der Waals surface area contributed by atoms with Gasteiger partial charge in [-0.1, -0.05) is 48.5 Å². The number of hydrogen-bond donors (Lipinski definition) is 0. The van der Waals surface area contributed by atoms with Crippen molar-refractivity contribution in [3.8, 4) is 16.9 Å². The van der Waals surface area contributed by atoms with Gasteiger partial charge in [0.15, 0.2) is 9.84 Å². The number of nitrogens with zero attached hydrogens (tertiary/aromatic N) is 5. The summed E-state index contributed by atoms with van der Waals surface area (Å²) in [6, 6.07) is 20.4. The molecule has 3 heterocycles. The van der Waals surface area contributed by atoms with Gasteiger partial charge in [-0.2, -0.15) is 10.2 Å². The molecule has 1 aliphatic rings. The van der Waals surface area contributed by atoms with Crippen molar-refractivity contribution >= 4 is 9.84 Å². The fourth-order valence-electron chi connectivity index (χ4n) is 4.94. The maximum Gasteiger partial charge on any atom is 0.152 e. The van der Waals surface area contributed by atoms with Gasteiger partial charge in [0.05, 0.1) is 34.6 Å². The van der Waals surface area contributed by atoms with Crippen molar-refractivity contribution in [2.45, 2.75) is 39.4 Å². The van der Waals surface area contributed by atoms with Crippen molar-refractivity contribution in [1.82, 2.24) is 24.5 Å². The topological polar surface area (TPSA) is 73.0 Å². The first kappa shape index (κ1) is 23.5. The molecular formula is C27H31N5O2S. The summed E-state index contributed by atoms with van der Waals surface area (Å²) in [4.78, 5) is 2.27. The van der Waals surface area contributed by atoms with Gasteiger partial charge in [-0.05, 0) is 39.4 Å². The molecule has 0 aliphatic carbocycles. The van der Waals surface area contributed by atoms with E-state index in [1.165, 1.54) is 0 Å². The van der Waals surface area contributed by atoms with Crippen LogP contribution < -0.4 is 0 Å². The van der Waals surface area contributed by atoms with Crippen molar-refractivity contribution < 1.29 is 8.42 Å². The minimum Gasteiger partial charge on any atom is -0.298 e. The zero-order valence-corrected chi connectivity index (χ0v) is 21.2. The maximum absolute atomic E-state index is 12.0. The van der Waals surface area contributed by atoms with Gasteiger partial charge in [-0.25, -0.2) is 13.1 Å². The normalized spacial score (nSPS) is 17.3. The Kier molecular flexibility index (Phi) is 6.34. The molecule has 1 saturated heterocycles. The highest BCUT2D eigenvalue weighted by atomic mass is 32.2. The fraction of sp³-hybridized carbons (Fsp3) is 0.333. The molecule has 0 spiro atoms. The Morgan fingerprint density at radius 1 is 0.971 bits per heavy atom. The van der Waals surface area contributed by atoms with Crippen molar-refractivity contribution in [3.05, 3.63) is 89.4 Å². The van der Waals surface area contributed by atoms with E-state index < -0.39 is 9.84 Å². The number of sulfone groups is 1. The zero-order valence-electron chi connectivity index (χ0n) is 20.4. The molecule has 2 aromatic heterocycles. The summed E-state index contributed by atoms with van der Waals surface area (Å²) in [5.41, 5.74) is 7.41. The molecule has 8 heteroatoms. The average molecular weight is 490 g/mol. The third kappa shape index (κ3) is 4.94. The summed E-state index contributed by atoms with van der Waals surface area (Å²) in [6.07, 6.45) is 2.75. The van der Waals surface area contributed by atoms with E-state index >= 15 is 0 Å². The third-order valence-corrected chi connectivity index (χ3v) is 8.51. The van der Waals surface area contributed by atoms with Crippen LogP contribution in [-0.4, -0.2) is 51.4 Å². The summed E-state index contributed by atoms with van der Waals surface area (Å²) in [6.45, 7) is 5.51. The second-order valence-corrected chi connectivity index (χ2v) is 11.7. The van der Waals surface area contributed by atoms with Crippen LogP contribution in [0.2, 0.25) is 0 Å². The van der Waals surface area contributed by atoms with Crippen LogP contribution in [0.1, 0.15) is 35.0 Å². The number of hydrogen-bond acceptors (Lipinski definition) is 5. The van der Waals surface area contributed by atoms with Crippen molar-refractivity contribution in [1.29, 1.82) is 0 Å². The smallest absolute Gasteiger partial charge is 0.152 e. The highest BCUT2D eigenvalue weighted by molar-refractivity contribution is 7.91. The minimum absolute atomic E-state index is 0.0634. The molecule has 0 amide bonds. The molecular weight excluding hydrogens is 458 g/mol. The van der Waals surface area contributed by atoms with Gasteiger partial charge in [0.25, 0.3) is 0 Å². The van der Waals surface area contributed by atoms with E-state index in [2.05, 4.69) is 49.3 Å². The quantitative estimate of drug-likeness (QED) is 0.386. The molecule has 1 fully saturated rings. The van der Waals surface area contributed by atoms with Crippen molar-refractivity contribution in [2.75, 3.05) is 18.6 Å². The maximum atomic E-state index is 12.0. The monoisotopic (exact) mass is 489 g/mol. The van der Waals surface area contributed by atoms with E-state index in [0.29, 0.717) is 6.42 Å². The van der Waals surface area contributed by atoms with Crippen LogP contribution in [0.4, 0.5) is 0 Å². The molecule has 1 atom stereocenters. The van der Waals surface area contributed by atoms with Gasteiger partial charge < -0.3 is 0 Å². The van der Waals surface area contributed by atoms with Gasteiger partial charge in [-0.15, -0.1) is 0 Å². The van der Waals surface area contributed by atoms with Crippen LogP contribution in [0, 0.1) is 13.8 Å². The van der Waals surface area contributed by atoms with Gasteiger partial charge >= 0.3 is 0 Å². The first-order chi connectivity index (χ1) is 16.8. The molecule has 182 valence electrons. The molecule has 2 aromatic carbocycles. The average Bonchev–Trinajstić information content (AvgIpc) is 3.51. The van der Waals surface area contributed by atoms with Gasteiger partial charge in [-0.3, -0.25) is 9.58 Å². The lowest BCUT2D eigenvalue weighted by molar-refractivity contribution is 0.317. The van der Waals surface area contributed by atoms with Crippen LogP contribution in [-0.2, 0) is 22.9 Å². The number of para-hydroxylation sites is 1. The summed E-state index contributed by atoms with van der Waals surface area (Å²) in [5.74, 6) is 0.433. The SMILES string of the molecule is Cc1nn([C@H]2CCS(=O)(=O)C2)c(C)c1CN(C)Cc1cn(-c2ccccc2)nc1-c1ccccc1. The lowest BCUT2D eigenvalue weighted by atomic mass is 10.1. The summed E-state index contributed by atoms with van der Waals surface area (Å²) in [5, 5.41) is 9.67. The molecule has 35 heavy (non-hydrogen) atoms. The third-order valence-electron chi connectivity index (χ3n) is 6.76. The summed E-state index contributed by atoms with van der Waals surface area (Å²) < 4.78 is 27.9. The van der Waals surface area contributed by atoms with E-state index in [9.17, 15) is 8.42 Å². The lowest BCUT2D eigenvalue weighted by Gasteiger charge is -2.18. The summed E-state index contributed by atoms with van der Waals surface area (Å²) in [7, 11) is -0.858. The molecule has 0 saturated carbocycles. The Morgan fingerprint density at radius 2 is 1.66 bits per heavy atom. The standard InChI is InChI=1S/C27H31N5O2S/c1-20-26(21(2)32(28-20)25-14-15-35(33,34)19-25)18-30(3)16-23-17-31(24-12-8-5-9-13-24)29-27(23)22-10-6-4-7-11-22/h4-13,17,25H,14-16,18-19H2,1-3H3/t25-/m0/s1. The second-order valence-electron chi connectivity index (χ2n) is 9.47. The predicted octanol–water partition coefficient (Wildman–Crippen LogP) is 4.34. The largest absolute Gasteiger partial charge is 0.298 e. The van der Waals surface area contributed by atoms with Gasteiger partial charge in [0, 0.05) is 41.7 Å². The fourth-order valence-corrected chi connectivity index (χ4v) is 6.64. The highest BCUT2D eigenvalue weighted by Gasteiger charge is 2.31. The lowest BCUT2D eigenvalue weighted by Crippen LogP contribution is -2.19. The summed E-state index contributed by atoms with van der Waals surface area (Å²) >= 11 is 0. The van der Waals surface area contributed by atoms with Crippen LogP contribution >= 0.6 is 0 Å². The van der Waals surface area contributed by atoms with Crippen LogP contribution in [0.15, 0.2) is 66.9 Å². The molecule has 5 rings (SSSR count). The van der Waals surface area contributed by atoms with Crippen LogP contribution in [0.3, 0.4) is 0 Å². The Hall–Kier alpha value is -3.23. The molecule has 0 bridgehead atoms. The first-order valence-electron chi connectivity index (χ1n) is 11.9. The minimum atomic E-state index is -2.96. The molecule has 7 nitrogen and oxygen atoms in total. The van der Waals surface area contributed by atoms with Crippen molar-refractivity contribution in [3.63, 3.8) is 0 Å². The van der Waals surface area contributed by atoms with E-state index in [1.54, 1.807) is 0 Å². The van der Waals surface area contributed by atoms with Crippen LogP contribution in [0.25, 0.3) is 16.9 Å². The second kappa shape index (κ2) is 9.43. The number of benzene rings is 2. The van der Waals surface area contributed by atoms with Crippen molar-refractivity contribution in [2.24, 2.45) is 0 Å². The molecule has 0 unspecified atom stereocenters. The van der Waals surface area contributed by atoms with Gasteiger partial charge in [0.1, 0.15) is 0 Å². The molecule has 0 N–H and O–H groups in total. The first-order valence-corrected chi connectivity index (χ1v) is 13.8. The number of rotatable bonds is 7. The van der Waals surface area contributed by atoms with Crippen LogP contribution in [0.5, 0.6) is 0 Å². The highest BCUT2D eigenvalue weighted by Crippen LogP contribution is 2.29. The zero-order chi connectivity index (χ0) is 24.6. The Labute approximate surface area is 206 Å². The van der Waals surface area contributed by atoms with E-state index in [0.717, 1.165) is 52.5 Å². The van der Waals surface area contributed by atoms with E-state index in [-0.39, 0.29) is 17.5 Å². The Bertz CT molecular complexity index is 1430. The van der Waals surface area contributed by atoms with E-state index in [4.69, 9.17) is 10.2 Å². The number of aromatic nitrogens is 4. The Morgan fingerprint density at radius 3 is 2.31 bits per heavy atom. The molecule has 1 aliphatic heterocycles. The van der Waals surface area contributed by atoms with Gasteiger partial charge in [0.2, 0.25) is 0 Å². The predicted molar refractivity (Wildman–Crippen MR) is 138 cm³/mol. The van der Waals surface area contributed by atoms with E-state index in [1.807, 2.05) is 52.7 Å². The number of aryl methyl sites for hydroxylation is 1. The molecule has 0 radical (unpaired) electrons.